The van der Waals surface area contributed by atoms with Crippen molar-refractivity contribution in [2.24, 2.45) is 0 Å². The maximum absolute atomic E-state index is 11.6. The highest BCUT2D eigenvalue weighted by atomic mass is 31.2. The van der Waals surface area contributed by atoms with Crippen molar-refractivity contribution < 1.29 is 18.5 Å². The van der Waals surface area contributed by atoms with Crippen LogP contribution < -0.4 is 4.89 Å². The molecule has 0 bridgehead atoms. The van der Waals surface area contributed by atoms with Crippen molar-refractivity contribution in [1.29, 1.82) is 0 Å². The highest BCUT2D eigenvalue weighted by Crippen LogP contribution is 2.38. The lowest BCUT2D eigenvalue weighted by atomic mass is 10.1. The Kier molecular flexibility index (Phi) is 19.0. The molecule has 0 rings (SSSR count). The van der Waals surface area contributed by atoms with Crippen LogP contribution in [0.5, 0.6) is 0 Å². The Morgan fingerprint density at radius 3 is 1.16 bits per heavy atom. The number of hydrogen-bond acceptors (Lipinski definition) is 4. The van der Waals surface area contributed by atoms with E-state index in [0.717, 1.165) is 38.5 Å². The molecule has 152 valence electrons. The molecule has 0 aliphatic heterocycles. The van der Waals surface area contributed by atoms with Gasteiger partial charge in [-0.25, -0.2) is 0 Å². The standard InChI is InChI=1S/C20H43O4P/c1-3-5-7-9-11-13-15-17-19-23-25(21,22)24-20-18-16-14-12-10-8-6-4-2/h3-20H2,1-2H3,(H,21,22)/p-1. The minimum absolute atomic E-state index is 0.257. The van der Waals surface area contributed by atoms with Crippen LogP contribution in [0.3, 0.4) is 0 Å². The second-order valence-electron chi connectivity index (χ2n) is 7.06. The maximum atomic E-state index is 11.6. The molecule has 0 saturated carbocycles. The zero-order chi connectivity index (χ0) is 18.6. The van der Waals surface area contributed by atoms with Crippen molar-refractivity contribution in [2.45, 2.75) is 117 Å². The first-order valence-corrected chi connectivity index (χ1v) is 12.2. The van der Waals surface area contributed by atoms with E-state index < -0.39 is 7.82 Å². The lowest BCUT2D eigenvalue weighted by molar-refractivity contribution is -0.225. The summed E-state index contributed by atoms with van der Waals surface area (Å²) in [7, 11) is -4.08. The zero-order valence-electron chi connectivity index (χ0n) is 16.8. The molecule has 0 unspecified atom stereocenters. The minimum Gasteiger partial charge on any atom is -0.756 e. The van der Waals surface area contributed by atoms with E-state index in [-0.39, 0.29) is 13.2 Å². The molecule has 0 spiro atoms. The first kappa shape index (κ1) is 25.1. The van der Waals surface area contributed by atoms with Gasteiger partial charge in [-0.2, -0.15) is 0 Å². The van der Waals surface area contributed by atoms with E-state index in [0.29, 0.717) is 0 Å². The van der Waals surface area contributed by atoms with Crippen molar-refractivity contribution in [3.8, 4) is 0 Å². The van der Waals surface area contributed by atoms with E-state index in [1.54, 1.807) is 0 Å². The van der Waals surface area contributed by atoms with Crippen LogP contribution >= 0.6 is 7.82 Å². The third kappa shape index (κ3) is 20.3. The van der Waals surface area contributed by atoms with Crippen LogP contribution in [0.2, 0.25) is 0 Å². The fraction of sp³-hybridized carbons (Fsp3) is 1.00. The van der Waals surface area contributed by atoms with Crippen molar-refractivity contribution in [3.05, 3.63) is 0 Å². The van der Waals surface area contributed by atoms with Gasteiger partial charge in [-0.15, -0.1) is 0 Å². The number of phosphoric ester groups is 1. The Morgan fingerprint density at radius 1 is 0.560 bits per heavy atom. The van der Waals surface area contributed by atoms with E-state index in [9.17, 15) is 9.46 Å². The van der Waals surface area contributed by atoms with Gasteiger partial charge in [0, 0.05) is 0 Å². The van der Waals surface area contributed by atoms with E-state index >= 15 is 0 Å². The Bertz CT molecular complexity index is 284. The van der Waals surface area contributed by atoms with Gasteiger partial charge >= 0.3 is 0 Å². The third-order valence-corrected chi connectivity index (χ3v) is 5.49. The predicted octanol–water partition coefficient (Wildman–Crippen LogP) is 6.77. The lowest BCUT2D eigenvalue weighted by Gasteiger charge is -2.22. The molecule has 0 aromatic carbocycles. The van der Waals surface area contributed by atoms with Gasteiger partial charge in [0.05, 0.1) is 13.2 Å². The first-order valence-electron chi connectivity index (χ1n) is 10.7. The third-order valence-electron chi connectivity index (χ3n) is 4.49. The van der Waals surface area contributed by atoms with E-state index in [4.69, 9.17) is 9.05 Å². The summed E-state index contributed by atoms with van der Waals surface area (Å²) >= 11 is 0. The van der Waals surface area contributed by atoms with Gasteiger partial charge in [0.2, 0.25) is 0 Å². The molecule has 0 saturated heterocycles. The van der Waals surface area contributed by atoms with Crippen LogP contribution in [0.25, 0.3) is 0 Å². The summed E-state index contributed by atoms with van der Waals surface area (Å²) in [6.07, 6.45) is 18.8. The van der Waals surface area contributed by atoms with Crippen molar-refractivity contribution in [3.63, 3.8) is 0 Å². The van der Waals surface area contributed by atoms with Gasteiger partial charge in [-0.1, -0.05) is 104 Å². The molecule has 5 heteroatoms. The number of hydrogen-bond donors (Lipinski definition) is 0. The molecule has 25 heavy (non-hydrogen) atoms. The van der Waals surface area contributed by atoms with E-state index in [1.165, 1.54) is 64.2 Å². The van der Waals surface area contributed by atoms with Crippen LogP contribution in [-0.4, -0.2) is 13.2 Å². The van der Waals surface area contributed by atoms with Crippen LogP contribution in [0.4, 0.5) is 0 Å². The molecule has 0 N–H and O–H groups in total. The summed E-state index contributed by atoms with van der Waals surface area (Å²) in [4.78, 5) is 11.6. The molecule has 0 radical (unpaired) electrons. The molecule has 0 heterocycles. The Hall–Kier alpha value is 0.110. The average Bonchev–Trinajstić information content (AvgIpc) is 2.59. The van der Waals surface area contributed by atoms with Crippen LogP contribution in [0.15, 0.2) is 0 Å². The lowest BCUT2D eigenvalue weighted by Crippen LogP contribution is -2.10. The van der Waals surface area contributed by atoms with E-state index in [1.807, 2.05) is 0 Å². The Balaban J connectivity index is 3.34. The summed E-state index contributed by atoms with van der Waals surface area (Å²) < 4.78 is 21.5. The molecule has 0 aliphatic rings. The molecule has 0 fully saturated rings. The zero-order valence-corrected chi connectivity index (χ0v) is 17.7. The van der Waals surface area contributed by atoms with Gasteiger partial charge in [0.1, 0.15) is 0 Å². The first-order chi connectivity index (χ1) is 12.1. The normalized spacial score (nSPS) is 12.0. The fourth-order valence-electron chi connectivity index (χ4n) is 2.86. The highest BCUT2D eigenvalue weighted by molar-refractivity contribution is 7.45. The van der Waals surface area contributed by atoms with Gasteiger partial charge in [-0.3, -0.25) is 4.57 Å². The monoisotopic (exact) mass is 377 g/mol. The van der Waals surface area contributed by atoms with Crippen molar-refractivity contribution >= 4 is 7.82 Å². The Morgan fingerprint density at radius 2 is 0.840 bits per heavy atom. The van der Waals surface area contributed by atoms with Crippen LogP contribution in [0.1, 0.15) is 117 Å². The number of unbranched alkanes of at least 4 members (excludes halogenated alkanes) is 14. The summed E-state index contributed by atoms with van der Waals surface area (Å²) in [6, 6.07) is 0. The smallest absolute Gasteiger partial charge is 0.267 e. The topological polar surface area (TPSA) is 58.6 Å². The van der Waals surface area contributed by atoms with Crippen LogP contribution in [-0.2, 0) is 13.6 Å². The van der Waals surface area contributed by atoms with Gasteiger partial charge in [-0.05, 0) is 12.8 Å². The molecule has 0 amide bonds. The largest absolute Gasteiger partial charge is 0.756 e. The summed E-state index contributed by atoms with van der Waals surface area (Å²) in [5.74, 6) is 0. The second-order valence-corrected chi connectivity index (χ2v) is 8.47. The van der Waals surface area contributed by atoms with Crippen LogP contribution in [0, 0.1) is 0 Å². The number of phosphoric acid groups is 1. The quantitative estimate of drug-likeness (QED) is 0.173. The Labute approximate surface area is 156 Å². The predicted molar refractivity (Wildman–Crippen MR) is 105 cm³/mol. The number of rotatable bonds is 20. The maximum Gasteiger partial charge on any atom is 0.267 e. The van der Waals surface area contributed by atoms with E-state index in [2.05, 4.69) is 13.8 Å². The van der Waals surface area contributed by atoms with Gasteiger partial charge < -0.3 is 13.9 Å². The molecular weight excluding hydrogens is 335 g/mol. The molecule has 0 aromatic heterocycles. The van der Waals surface area contributed by atoms with Crippen molar-refractivity contribution in [2.75, 3.05) is 13.2 Å². The molecule has 0 atom stereocenters. The summed E-state index contributed by atoms with van der Waals surface area (Å²) in [6.45, 7) is 4.95. The van der Waals surface area contributed by atoms with Crippen molar-refractivity contribution in [1.82, 2.24) is 0 Å². The molecule has 0 aromatic rings. The second kappa shape index (κ2) is 18.9. The summed E-state index contributed by atoms with van der Waals surface area (Å²) in [5, 5.41) is 0. The molecular formula is C20H42O4P-. The SMILES string of the molecule is CCCCCCCCCCOP(=O)([O-])OCCCCCCCCCC. The van der Waals surface area contributed by atoms with Gasteiger partial charge in [0.15, 0.2) is 0 Å². The molecule has 4 nitrogen and oxygen atoms in total. The van der Waals surface area contributed by atoms with Gasteiger partial charge in [0.25, 0.3) is 7.82 Å². The summed E-state index contributed by atoms with van der Waals surface area (Å²) in [5.41, 5.74) is 0. The fourth-order valence-corrected chi connectivity index (χ4v) is 3.64. The minimum atomic E-state index is -4.08. The highest BCUT2D eigenvalue weighted by Gasteiger charge is 2.08. The molecule has 0 aliphatic carbocycles. The average molecular weight is 378 g/mol.